The maximum Gasteiger partial charge on any atom is 0.416 e. The molecule has 0 atom stereocenters. The summed E-state index contributed by atoms with van der Waals surface area (Å²) in [5, 5.41) is 0.0678. The minimum Gasteiger partial charge on any atom is -0.466 e. The van der Waals surface area contributed by atoms with Gasteiger partial charge in [-0.1, -0.05) is 12.1 Å². The highest BCUT2D eigenvalue weighted by Gasteiger charge is 2.37. The summed E-state index contributed by atoms with van der Waals surface area (Å²) in [7, 11) is 1.15. The van der Waals surface area contributed by atoms with Crippen molar-refractivity contribution in [3.05, 3.63) is 65.2 Å². The molecule has 0 spiro atoms. The number of amides is 1. The van der Waals surface area contributed by atoms with E-state index in [1.807, 2.05) is 0 Å². The van der Waals surface area contributed by atoms with Crippen LogP contribution in [-0.2, 0) is 20.5 Å². The largest absolute Gasteiger partial charge is 0.466 e. The normalized spacial score (nSPS) is 17.4. The van der Waals surface area contributed by atoms with Crippen molar-refractivity contribution >= 4 is 40.3 Å². The maximum atomic E-state index is 13.1. The first-order valence-corrected chi connectivity index (χ1v) is 8.60. The number of benzene rings is 1. The van der Waals surface area contributed by atoms with Crippen LogP contribution >= 0.6 is 11.8 Å². The SMILES string of the molecule is COC(=O)/C=C1/S/C(=N\c2ccccn2)N(c2cccc(C(F)(F)F)c2)C1=O. The molecule has 0 aliphatic carbocycles. The topological polar surface area (TPSA) is 71.9 Å². The molecule has 2 heterocycles. The Kier molecular flexibility index (Phi) is 5.50. The van der Waals surface area contributed by atoms with Gasteiger partial charge in [-0.2, -0.15) is 13.2 Å². The lowest BCUT2D eigenvalue weighted by atomic mass is 10.2. The predicted molar refractivity (Wildman–Crippen MR) is 98.0 cm³/mol. The number of carbonyl (C=O) groups is 2. The van der Waals surface area contributed by atoms with Crippen molar-refractivity contribution in [1.29, 1.82) is 0 Å². The highest BCUT2D eigenvalue weighted by molar-refractivity contribution is 8.19. The fourth-order valence-corrected chi connectivity index (χ4v) is 3.23. The lowest BCUT2D eigenvalue weighted by Crippen LogP contribution is -2.29. The summed E-state index contributed by atoms with van der Waals surface area (Å²) in [6.45, 7) is 0. The summed E-state index contributed by atoms with van der Waals surface area (Å²) in [6, 6.07) is 9.20. The van der Waals surface area contributed by atoms with Gasteiger partial charge in [-0.15, -0.1) is 0 Å². The second-order valence-electron chi connectivity index (χ2n) is 5.40. The fraction of sp³-hybridized carbons (Fsp3) is 0.111. The molecule has 1 aromatic heterocycles. The van der Waals surface area contributed by atoms with E-state index in [1.54, 1.807) is 18.2 Å². The standard InChI is InChI=1S/C18H12F3N3O3S/c1-27-15(25)10-13-16(26)24(12-6-4-5-11(9-12)18(19,20)21)17(28-13)23-14-7-2-3-8-22-14/h2-10H,1H3/b13-10+,23-17-. The van der Waals surface area contributed by atoms with Crippen molar-refractivity contribution in [3.8, 4) is 0 Å². The quantitative estimate of drug-likeness (QED) is 0.570. The molecule has 1 aliphatic heterocycles. The molecule has 10 heteroatoms. The zero-order valence-corrected chi connectivity index (χ0v) is 15.1. The molecule has 1 amide bonds. The number of alkyl halides is 3. The van der Waals surface area contributed by atoms with E-state index in [1.165, 1.54) is 18.3 Å². The molecule has 6 nitrogen and oxygen atoms in total. The first kappa shape index (κ1) is 19.6. The number of methoxy groups -OCH3 is 1. The van der Waals surface area contributed by atoms with E-state index >= 15 is 0 Å². The van der Waals surface area contributed by atoms with E-state index in [0.29, 0.717) is 0 Å². The van der Waals surface area contributed by atoms with Gasteiger partial charge in [-0.3, -0.25) is 9.69 Å². The number of nitrogens with zero attached hydrogens (tertiary/aromatic N) is 3. The summed E-state index contributed by atoms with van der Waals surface area (Å²) >= 11 is 0.839. The fourth-order valence-electron chi connectivity index (χ4n) is 2.28. The van der Waals surface area contributed by atoms with Crippen molar-refractivity contribution in [3.63, 3.8) is 0 Å². The summed E-state index contributed by atoms with van der Waals surface area (Å²) in [5.74, 6) is -1.20. The number of thioether (sulfide) groups is 1. The number of aromatic nitrogens is 1. The third-order valence-electron chi connectivity index (χ3n) is 3.55. The number of pyridine rings is 1. The van der Waals surface area contributed by atoms with Crippen LogP contribution in [0, 0.1) is 0 Å². The number of anilines is 1. The minimum absolute atomic E-state index is 0.0288. The molecule has 1 aromatic carbocycles. The number of ether oxygens (including phenoxy) is 1. The summed E-state index contributed by atoms with van der Waals surface area (Å²) in [6.07, 6.45) is -2.12. The van der Waals surface area contributed by atoms with Crippen LogP contribution in [-0.4, -0.2) is 29.1 Å². The molecular weight excluding hydrogens is 395 g/mol. The monoisotopic (exact) mass is 407 g/mol. The average molecular weight is 407 g/mol. The van der Waals surface area contributed by atoms with Crippen LogP contribution in [0.1, 0.15) is 5.56 Å². The molecule has 1 saturated heterocycles. The molecule has 28 heavy (non-hydrogen) atoms. The van der Waals surface area contributed by atoms with Crippen LogP contribution in [0.2, 0.25) is 0 Å². The first-order valence-electron chi connectivity index (χ1n) is 7.78. The maximum absolute atomic E-state index is 13.1. The van der Waals surface area contributed by atoms with Gasteiger partial charge in [-0.25, -0.2) is 14.8 Å². The van der Waals surface area contributed by atoms with E-state index in [0.717, 1.165) is 42.0 Å². The van der Waals surface area contributed by atoms with E-state index < -0.39 is 23.6 Å². The van der Waals surface area contributed by atoms with Gasteiger partial charge in [0.05, 0.1) is 23.3 Å². The van der Waals surface area contributed by atoms with Gasteiger partial charge in [0, 0.05) is 12.3 Å². The molecular formula is C18H12F3N3O3S. The van der Waals surface area contributed by atoms with E-state index in [9.17, 15) is 22.8 Å². The van der Waals surface area contributed by atoms with Gasteiger partial charge < -0.3 is 4.74 Å². The number of hydrogen-bond acceptors (Lipinski definition) is 6. The average Bonchev–Trinajstić information content (AvgIpc) is 2.96. The Morgan fingerprint density at radius 2 is 2.04 bits per heavy atom. The molecule has 0 bridgehead atoms. The second kappa shape index (κ2) is 7.85. The Balaban J connectivity index is 2.09. The summed E-state index contributed by atoms with van der Waals surface area (Å²) in [5.41, 5.74) is -0.944. The van der Waals surface area contributed by atoms with Crippen LogP contribution in [0.3, 0.4) is 0 Å². The lowest BCUT2D eigenvalue weighted by Gasteiger charge is -2.17. The van der Waals surface area contributed by atoms with E-state index in [-0.39, 0.29) is 21.6 Å². The highest BCUT2D eigenvalue weighted by Crippen LogP contribution is 2.38. The van der Waals surface area contributed by atoms with Crippen molar-refractivity contribution in [2.45, 2.75) is 6.18 Å². The molecule has 0 unspecified atom stereocenters. The van der Waals surface area contributed by atoms with Crippen LogP contribution in [0.15, 0.2) is 64.6 Å². The van der Waals surface area contributed by atoms with Gasteiger partial charge in [0.15, 0.2) is 11.0 Å². The summed E-state index contributed by atoms with van der Waals surface area (Å²) in [4.78, 5) is 33.5. The van der Waals surface area contributed by atoms with Gasteiger partial charge in [0.2, 0.25) is 0 Å². The number of esters is 1. The van der Waals surface area contributed by atoms with Crippen molar-refractivity contribution < 1.29 is 27.5 Å². The molecule has 144 valence electrons. The number of aliphatic imine (C=N–C) groups is 1. The molecule has 0 radical (unpaired) electrons. The predicted octanol–water partition coefficient (Wildman–Crippen LogP) is 3.92. The molecule has 0 N–H and O–H groups in total. The Labute approximate surface area is 161 Å². The number of halogens is 3. The number of amidine groups is 1. The van der Waals surface area contributed by atoms with Crippen molar-refractivity contribution in [1.82, 2.24) is 4.98 Å². The highest BCUT2D eigenvalue weighted by atomic mass is 32.2. The Bertz CT molecular complexity index is 975. The van der Waals surface area contributed by atoms with Crippen LogP contribution in [0.4, 0.5) is 24.7 Å². The van der Waals surface area contributed by atoms with Crippen LogP contribution < -0.4 is 4.90 Å². The van der Waals surface area contributed by atoms with Crippen molar-refractivity contribution in [2.75, 3.05) is 12.0 Å². The minimum atomic E-state index is -4.57. The Morgan fingerprint density at radius 1 is 1.25 bits per heavy atom. The van der Waals surface area contributed by atoms with Gasteiger partial charge in [0.1, 0.15) is 0 Å². The number of carbonyl (C=O) groups excluding carboxylic acids is 2. The molecule has 3 rings (SSSR count). The van der Waals surface area contributed by atoms with Crippen LogP contribution in [0.25, 0.3) is 0 Å². The zero-order chi connectivity index (χ0) is 20.3. The van der Waals surface area contributed by atoms with Gasteiger partial charge in [0.25, 0.3) is 5.91 Å². The number of rotatable bonds is 3. The lowest BCUT2D eigenvalue weighted by molar-refractivity contribution is -0.137. The van der Waals surface area contributed by atoms with Crippen molar-refractivity contribution in [2.24, 2.45) is 4.99 Å². The van der Waals surface area contributed by atoms with E-state index in [4.69, 9.17) is 0 Å². The molecule has 1 fully saturated rings. The first-order chi connectivity index (χ1) is 13.3. The third-order valence-corrected chi connectivity index (χ3v) is 4.52. The zero-order valence-electron chi connectivity index (χ0n) is 14.3. The smallest absolute Gasteiger partial charge is 0.416 e. The number of hydrogen-bond donors (Lipinski definition) is 0. The Hall–Kier alpha value is -3.14. The Morgan fingerprint density at radius 3 is 2.68 bits per heavy atom. The second-order valence-corrected chi connectivity index (χ2v) is 6.41. The molecule has 1 aliphatic rings. The van der Waals surface area contributed by atoms with Gasteiger partial charge >= 0.3 is 12.1 Å². The van der Waals surface area contributed by atoms with E-state index in [2.05, 4.69) is 14.7 Å². The molecule has 0 saturated carbocycles. The third kappa shape index (κ3) is 4.22. The molecule has 2 aromatic rings. The van der Waals surface area contributed by atoms with Crippen LogP contribution in [0.5, 0.6) is 0 Å². The summed E-state index contributed by atoms with van der Waals surface area (Å²) < 4.78 is 43.7. The van der Waals surface area contributed by atoms with Gasteiger partial charge in [-0.05, 0) is 42.1 Å².